The van der Waals surface area contributed by atoms with Gasteiger partial charge in [-0.05, 0) is 25.5 Å². The van der Waals surface area contributed by atoms with E-state index in [2.05, 4.69) is 15.3 Å². The first-order chi connectivity index (χ1) is 10.1. The molecule has 21 heavy (non-hydrogen) atoms. The molecule has 5 nitrogen and oxygen atoms in total. The molecular weight excluding hydrogens is 290 g/mol. The Morgan fingerprint density at radius 1 is 1.38 bits per heavy atom. The van der Waals surface area contributed by atoms with E-state index in [4.69, 9.17) is 16.3 Å². The van der Waals surface area contributed by atoms with Gasteiger partial charge < -0.3 is 15.2 Å². The normalized spacial score (nSPS) is 17.9. The quantitative estimate of drug-likeness (QED) is 0.853. The van der Waals surface area contributed by atoms with Crippen LogP contribution < -0.4 is 5.32 Å². The van der Waals surface area contributed by atoms with Crippen LogP contribution in [0.25, 0.3) is 11.4 Å². The van der Waals surface area contributed by atoms with Gasteiger partial charge >= 0.3 is 0 Å². The van der Waals surface area contributed by atoms with Crippen LogP contribution in [0, 0.1) is 6.92 Å². The van der Waals surface area contributed by atoms with Crippen LogP contribution in [-0.2, 0) is 4.74 Å². The van der Waals surface area contributed by atoms with E-state index in [1.54, 1.807) is 18.2 Å². The van der Waals surface area contributed by atoms with Crippen LogP contribution in [0.5, 0.6) is 5.75 Å². The number of phenolic OH excluding ortho intramolecular Hbond substituents is 1. The molecule has 1 unspecified atom stereocenters. The summed E-state index contributed by atoms with van der Waals surface area (Å²) in [7, 11) is 0. The average Bonchev–Trinajstić information content (AvgIpc) is 2.96. The summed E-state index contributed by atoms with van der Waals surface area (Å²) in [6.45, 7) is 3.31. The summed E-state index contributed by atoms with van der Waals surface area (Å²) in [6, 6.07) is 7.05. The molecule has 1 atom stereocenters. The fourth-order valence-electron chi connectivity index (χ4n) is 2.25. The second kappa shape index (κ2) is 5.87. The summed E-state index contributed by atoms with van der Waals surface area (Å²) in [5.74, 6) is 1.37. The highest BCUT2D eigenvalue weighted by Gasteiger charge is 2.18. The van der Waals surface area contributed by atoms with Gasteiger partial charge in [-0.15, -0.1) is 0 Å². The van der Waals surface area contributed by atoms with Crippen molar-refractivity contribution in [1.82, 2.24) is 9.97 Å². The number of aromatic hydroxyl groups is 1. The number of hydrogen-bond donors (Lipinski definition) is 2. The Hall–Kier alpha value is -1.85. The maximum Gasteiger partial charge on any atom is 0.163 e. The van der Waals surface area contributed by atoms with Crippen LogP contribution in [0.3, 0.4) is 0 Å². The number of anilines is 1. The van der Waals surface area contributed by atoms with E-state index >= 15 is 0 Å². The number of aromatic nitrogens is 2. The standard InChI is InChI=1S/C15H16ClN3O2/c1-9-13(16)18-15(10-3-2-4-12(20)7-10)19-14(9)17-11-5-6-21-8-11/h2-4,7,11,20H,5-6,8H2,1H3,(H,17,18,19). The Balaban J connectivity index is 1.96. The summed E-state index contributed by atoms with van der Waals surface area (Å²) in [5, 5.41) is 13.3. The maximum atomic E-state index is 9.58. The molecule has 1 aliphatic heterocycles. The SMILES string of the molecule is Cc1c(Cl)nc(-c2cccc(O)c2)nc1NC1CCOC1. The maximum absolute atomic E-state index is 9.58. The molecule has 6 heteroatoms. The van der Waals surface area contributed by atoms with Gasteiger partial charge in [0.25, 0.3) is 0 Å². The Kier molecular flexibility index (Phi) is 3.94. The Morgan fingerprint density at radius 3 is 2.95 bits per heavy atom. The van der Waals surface area contributed by atoms with E-state index in [0.29, 0.717) is 23.4 Å². The zero-order valence-electron chi connectivity index (χ0n) is 11.6. The van der Waals surface area contributed by atoms with Crippen LogP contribution in [0.4, 0.5) is 5.82 Å². The number of nitrogens with one attached hydrogen (secondary N) is 1. The zero-order valence-corrected chi connectivity index (χ0v) is 12.4. The summed E-state index contributed by atoms with van der Waals surface area (Å²) in [5.41, 5.74) is 1.54. The molecule has 0 saturated carbocycles. The van der Waals surface area contributed by atoms with Crippen LogP contribution in [0.1, 0.15) is 12.0 Å². The third kappa shape index (κ3) is 3.09. The lowest BCUT2D eigenvalue weighted by Crippen LogP contribution is -2.21. The molecule has 1 fully saturated rings. The van der Waals surface area contributed by atoms with E-state index < -0.39 is 0 Å². The number of ether oxygens (including phenoxy) is 1. The summed E-state index contributed by atoms with van der Waals surface area (Å²) >= 11 is 6.21. The molecule has 2 aromatic rings. The van der Waals surface area contributed by atoms with Crippen molar-refractivity contribution >= 4 is 17.4 Å². The number of halogens is 1. The van der Waals surface area contributed by atoms with Crippen molar-refractivity contribution in [3.05, 3.63) is 35.0 Å². The molecule has 0 amide bonds. The molecule has 1 aromatic carbocycles. The number of nitrogens with zero attached hydrogens (tertiary/aromatic N) is 2. The van der Waals surface area contributed by atoms with E-state index in [0.717, 1.165) is 24.2 Å². The van der Waals surface area contributed by atoms with Crippen molar-refractivity contribution < 1.29 is 9.84 Å². The molecule has 1 aromatic heterocycles. The molecule has 0 bridgehead atoms. The van der Waals surface area contributed by atoms with Crippen LogP contribution in [0.15, 0.2) is 24.3 Å². The predicted octanol–water partition coefficient (Wildman–Crippen LogP) is 3.01. The van der Waals surface area contributed by atoms with Gasteiger partial charge in [0.2, 0.25) is 0 Å². The summed E-state index contributed by atoms with van der Waals surface area (Å²) in [4.78, 5) is 8.83. The summed E-state index contributed by atoms with van der Waals surface area (Å²) < 4.78 is 5.36. The minimum atomic E-state index is 0.173. The molecule has 0 aliphatic carbocycles. The number of hydrogen-bond acceptors (Lipinski definition) is 5. The average molecular weight is 306 g/mol. The van der Waals surface area contributed by atoms with Gasteiger partial charge in [0.05, 0.1) is 12.6 Å². The number of rotatable bonds is 3. The van der Waals surface area contributed by atoms with Crippen molar-refractivity contribution in [2.24, 2.45) is 0 Å². The van der Waals surface area contributed by atoms with E-state index in [1.807, 2.05) is 13.0 Å². The molecule has 1 saturated heterocycles. The van der Waals surface area contributed by atoms with Crippen molar-refractivity contribution in [3.8, 4) is 17.1 Å². The highest BCUT2D eigenvalue weighted by Crippen LogP contribution is 2.27. The van der Waals surface area contributed by atoms with Crippen molar-refractivity contribution in [2.45, 2.75) is 19.4 Å². The van der Waals surface area contributed by atoms with Crippen molar-refractivity contribution in [2.75, 3.05) is 18.5 Å². The lowest BCUT2D eigenvalue weighted by atomic mass is 10.2. The molecule has 2 N–H and O–H groups in total. The number of phenols is 1. The fraction of sp³-hybridized carbons (Fsp3) is 0.333. The largest absolute Gasteiger partial charge is 0.508 e. The lowest BCUT2D eigenvalue weighted by molar-refractivity contribution is 0.195. The third-order valence-electron chi connectivity index (χ3n) is 3.46. The number of benzene rings is 1. The minimum Gasteiger partial charge on any atom is -0.508 e. The minimum absolute atomic E-state index is 0.173. The topological polar surface area (TPSA) is 67.3 Å². The van der Waals surface area contributed by atoms with Crippen LogP contribution >= 0.6 is 11.6 Å². The van der Waals surface area contributed by atoms with Gasteiger partial charge in [0.1, 0.15) is 16.7 Å². The molecular formula is C15H16ClN3O2. The van der Waals surface area contributed by atoms with Gasteiger partial charge in [0, 0.05) is 17.7 Å². The van der Waals surface area contributed by atoms with Crippen LogP contribution in [-0.4, -0.2) is 34.3 Å². The molecule has 0 radical (unpaired) electrons. The fourth-order valence-corrected chi connectivity index (χ4v) is 2.42. The Morgan fingerprint density at radius 2 is 2.24 bits per heavy atom. The van der Waals surface area contributed by atoms with E-state index in [9.17, 15) is 5.11 Å². The van der Waals surface area contributed by atoms with Gasteiger partial charge in [-0.2, -0.15) is 0 Å². The second-order valence-corrected chi connectivity index (χ2v) is 5.42. The lowest BCUT2D eigenvalue weighted by Gasteiger charge is -2.15. The Labute approximate surface area is 128 Å². The van der Waals surface area contributed by atoms with Crippen LogP contribution in [0.2, 0.25) is 5.15 Å². The second-order valence-electron chi connectivity index (χ2n) is 5.07. The van der Waals surface area contributed by atoms with E-state index in [-0.39, 0.29) is 11.8 Å². The molecule has 1 aliphatic rings. The summed E-state index contributed by atoms with van der Waals surface area (Å²) in [6.07, 6.45) is 0.947. The van der Waals surface area contributed by atoms with Gasteiger partial charge in [-0.25, -0.2) is 9.97 Å². The van der Waals surface area contributed by atoms with E-state index in [1.165, 1.54) is 0 Å². The third-order valence-corrected chi connectivity index (χ3v) is 3.83. The van der Waals surface area contributed by atoms with Gasteiger partial charge in [-0.3, -0.25) is 0 Å². The predicted molar refractivity (Wildman–Crippen MR) is 81.7 cm³/mol. The molecule has 2 heterocycles. The zero-order chi connectivity index (χ0) is 14.8. The molecule has 3 rings (SSSR count). The van der Waals surface area contributed by atoms with Gasteiger partial charge in [0.15, 0.2) is 5.82 Å². The van der Waals surface area contributed by atoms with Gasteiger partial charge in [-0.1, -0.05) is 23.7 Å². The first-order valence-electron chi connectivity index (χ1n) is 6.81. The monoisotopic (exact) mass is 305 g/mol. The highest BCUT2D eigenvalue weighted by molar-refractivity contribution is 6.30. The molecule has 0 spiro atoms. The first kappa shape index (κ1) is 14.1. The highest BCUT2D eigenvalue weighted by atomic mass is 35.5. The van der Waals surface area contributed by atoms with Crippen molar-refractivity contribution in [1.29, 1.82) is 0 Å². The molecule has 110 valence electrons. The van der Waals surface area contributed by atoms with Crippen molar-refractivity contribution in [3.63, 3.8) is 0 Å². The Bertz CT molecular complexity index is 657. The smallest absolute Gasteiger partial charge is 0.163 e. The first-order valence-corrected chi connectivity index (χ1v) is 7.19.